The van der Waals surface area contributed by atoms with Crippen LogP contribution in [0, 0.1) is 18.6 Å². The highest BCUT2D eigenvalue weighted by Crippen LogP contribution is 2.25. The standard InChI is InChI=1S/C13H8BrClF2N2O/c1-6-2-9(15)8(5-18-6)13(20)19-12-10(16)3-7(14)4-11(12)17/h2-5H,1H3,(H,19,20). The number of benzene rings is 1. The van der Waals surface area contributed by atoms with E-state index in [1.54, 1.807) is 6.92 Å². The van der Waals surface area contributed by atoms with Gasteiger partial charge in [-0.15, -0.1) is 0 Å². The van der Waals surface area contributed by atoms with Crippen LogP contribution in [0.1, 0.15) is 16.1 Å². The van der Waals surface area contributed by atoms with Crippen molar-refractivity contribution < 1.29 is 13.6 Å². The Morgan fingerprint density at radius 2 is 1.90 bits per heavy atom. The highest BCUT2D eigenvalue weighted by Gasteiger charge is 2.17. The summed E-state index contributed by atoms with van der Waals surface area (Å²) in [4.78, 5) is 15.9. The van der Waals surface area contributed by atoms with Crippen molar-refractivity contribution in [2.24, 2.45) is 0 Å². The number of carbonyl (C=O) groups excluding carboxylic acids is 1. The number of amides is 1. The number of pyridine rings is 1. The topological polar surface area (TPSA) is 42.0 Å². The second kappa shape index (κ2) is 5.85. The molecular formula is C13H8BrClF2N2O. The predicted molar refractivity (Wildman–Crippen MR) is 76.0 cm³/mol. The van der Waals surface area contributed by atoms with Gasteiger partial charge < -0.3 is 5.32 Å². The molecule has 1 aromatic heterocycles. The summed E-state index contributed by atoms with van der Waals surface area (Å²) in [7, 11) is 0. The van der Waals surface area contributed by atoms with Gasteiger partial charge in [0.05, 0.1) is 10.6 Å². The molecule has 0 spiro atoms. The van der Waals surface area contributed by atoms with Crippen molar-refractivity contribution in [1.29, 1.82) is 0 Å². The molecule has 0 saturated heterocycles. The largest absolute Gasteiger partial charge is 0.317 e. The monoisotopic (exact) mass is 360 g/mol. The number of nitrogens with one attached hydrogen (secondary N) is 1. The molecule has 0 radical (unpaired) electrons. The minimum atomic E-state index is -0.888. The van der Waals surface area contributed by atoms with Gasteiger partial charge in [-0.25, -0.2) is 8.78 Å². The normalized spacial score (nSPS) is 10.4. The van der Waals surface area contributed by atoms with Crippen LogP contribution in [0.5, 0.6) is 0 Å². The first-order valence-corrected chi connectivity index (χ1v) is 6.63. The highest BCUT2D eigenvalue weighted by molar-refractivity contribution is 9.10. The maximum Gasteiger partial charge on any atom is 0.258 e. The van der Waals surface area contributed by atoms with E-state index in [0.29, 0.717) is 5.69 Å². The number of carbonyl (C=O) groups is 1. The van der Waals surface area contributed by atoms with Gasteiger partial charge in [0, 0.05) is 16.4 Å². The van der Waals surface area contributed by atoms with Crippen LogP contribution in [-0.4, -0.2) is 10.9 Å². The highest BCUT2D eigenvalue weighted by atomic mass is 79.9. The summed E-state index contributed by atoms with van der Waals surface area (Å²) >= 11 is 8.85. The quantitative estimate of drug-likeness (QED) is 0.865. The van der Waals surface area contributed by atoms with Crippen molar-refractivity contribution >= 4 is 39.1 Å². The molecule has 1 N–H and O–H groups in total. The molecule has 0 fully saturated rings. The molecule has 0 saturated carbocycles. The van der Waals surface area contributed by atoms with Crippen molar-refractivity contribution in [3.05, 3.63) is 56.8 Å². The molecule has 3 nitrogen and oxygen atoms in total. The molecule has 1 aromatic carbocycles. The van der Waals surface area contributed by atoms with E-state index in [1.807, 2.05) is 0 Å². The van der Waals surface area contributed by atoms with Crippen LogP contribution in [0.4, 0.5) is 14.5 Å². The number of hydrogen-bond acceptors (Lipinski definition) is 2. The Kier molecular flexibility index (Phi) is 4.35. The lowest BCUT2D eigenvalue weighted by Crippen LogP contribution is -2.15. The fourth-order valence-corrected chi connectivity index (χ4v) is 2.23. The zero-order valence-electron chi connectivity index (χ0n) is 10.2. The number of rotatable bonds is 2. The molecule has 2 aromatic rings. The minimum Gasteiger partial charge on any atom is -0.317 e. The third-order valence-corrected chi connectivity index (χ3v) is 3.25. The van der Waals surface area contributed by atoms with Gasteiger partial charge in [0.25, 0.3) is 5.91 Å². The maximum atomic E-state index is 13.6. The summed E-state index contributed by atoms with van der Waals surface area (Å²) in [6.45, 7) is 1.71. The molecule has 0 aliphatic rings. The summed E-state index contributed by atoms with van der Waals surface area (Å²) < 4.78 is 27.5. The van der Waals surface area contributed by atoms with Crippen LogP contribution < -0.4 is 5.32 Å². The molecule has 1 heterocycles. The van der Waals surface area contributed by atoms with E-state index in [2.05, 4.69) is 26.2 Å². The molecule has 0 unspecified atom stereocenters. The average Bonchev–Trinajstić information content (AvgIpc) is 2.33. The van der Waals surface area contributed by atoms with E-state index in [9.17, 15) is 13.6 Å². The minimum absolute atomic E-state index is 0.0407. The van der Waals surface area contributed by atoms with Gasteiger partial charge in [-0.05, 0) is 25.1 Å². The average molecular weight is 362 g/mol. The fourth-order valence-electron chi connectivity index (χ4n) is 1.54. The fraction of sp³-hybridized carbons (Fsp3) is 0.0769. The van der Waals surface area contributed by atoms with E-state index in [1.165, 1.54) is 12.3 Å². The van der Waals surface area contributed by atoms with E-state index in [0.717, 1.165) is 12.1 Å². The van der Waals surface area contributed by atoms with Gasteiger partial charge in [-0.1, -0.05) is 27.5 Å². The molecule has 0 aliphatic heterocycles. The van der Waals surface area contributed by atoms with Gasteiger partial charge in [0.2, 0.25) is 0 Å². The summed E-state index contributed by atoms with van der Waals surface area (Å²) in [6, 6.07) is 3.59. The van der Waals surface area contributed by atoms with Crippen LogP contribution in [0.2, 0.25) is 5.02 Å². The van der Waals surface area contributed by atoms with Crippen molar-refractivity contribution in [2.45, 2.75) is 6.92 Å². The molecule has 0 atom stereocenters. The summed E-state index contributed by atoms with van der Waals surface area (Å²) in [5.41, 5.74) is 0.140. The number of halogens is 4. The smallest absolute Gasteiger partial charge is 0.258 e. The van der Waals surface area contributed by atoms with Crippen LogP contribution in [-0.2, 0) is 0 Å². The second-order valence-corrected chi connectivity index (χ2v) is 5.33. The first-order valence-electron chi connectivity index (χ1n) is 5.46. The Labute approximate surface area is 127 Å². The van der Waals surface area contributed by atoms with E-state index >= 15 is 0 Å². The van der Waals surface area contributed by atoms with E-state index < -0.39 is 23.2 Å². The van der Waals surface area contributed by atoms with Crippen molar-refractivity contribution in [3.8, 4) is 0 Å². The first kappa shape index (κ1) is 14.9. The summed E-state index contributed by atoms with van der Waals surface area (Å²) in [5.74, 6) is -2.51. The van der Waals surface area contributed by atoms with Gasteiger partial charge in [-0.3, -0.25) is 9.78 Å². The van der Waals surface area contributed by atoms with Crippen LogP contribution in [0.3, 0.4) is 0 Å². The Hall–Kier alpha value is -1.53. The zero-order chi connectivity index (χ0) is 14.9. The van der Waals surface area contributed by atoms with E-state index in [-0.39, 0.29) is 15.1 Å². The number of hydrogen-bond donors (Lipinski definition) is 1. The van der Waals surface area contributed by atoms with E-state index in [4.69, 9.17) is 11.6 Å². The van der Waals surface area contributed by atoms with Crippen molar-refractivity contribution in [3.63, 3.8) is 0 Å². The lowest BCUT2D eigenvalue weighted by molar-refractivity contribution is 0.102. The molecule has 0 bridgehead atoms. The van der Waals surface area contributed by atoms with Gasteiger partial charge in [0.15, 0.2) is 11.6 Å². The van der Waals surface area contributed by atoms with Crippen molar-refractivity contribution in [2.75, 3.05) is 5.32 Å². The van der Waals surface area contributed by atoms with Crippen LogP contribution in [0.15, 0.2) is 28.9 Å². The Balaban J connectivity index is 2.33. The summed E-state index contributed by atoms with van der Waals surface area (Å²) in [6.07, 6.45) is 1.25. The zero-order valence-corrected chi connectivity index (χ0v) is 12.5. The molecular weight excluding hydrogens is 354 g/mol. The Bertz CT molecular complexity index is 671. The molecule has 0 aliphatic carbocycles. The lowest BCUT2D eigenvalue weighted by atomic mass is 10.2. The third kappa shape index (κ3) is 3.13. The SMILES string of the molecule is Cc1cc(Cl)c(C(=O)Nc2c(F)cc(Br)cc2F)cn1. The predicted octanol–water partition coefficient (Wildman–Crippen LogP) is 4.34. The molecule has 1 amide bonds. The molecule has 20 heavy (non-hydrogen) atoms. The second-order valence-electron chi connectivity index (χ2n) is 4.00. The number of nitrogens with zero attached hydrogens (tertiary/aromatic N) is 1. The van der Waals surface area contributed by atoms with Crippen molar-refractivity contribution in [1.82, 2.24) is 4.98 Å². The van der Waals surface area contributed by atoms with Crippen LogP contribution >= 0.6 is 27.5 Å². The molecule has 2 rings (SSSR count). The Morgan fingerprint density at radius 3 is 2.45 bits per heavy atom. The lowest BCUT2D eigenvalue weighted by Gasteiger charge is -2.09. The van der Waals surface area contributed by atoms with Gasteiger partial charge in [0.1, 0.15) is 5.69 Å². The Morgan fingerprint density at radius 1 is 1.30 bits per heavy atom. The number of aromatic nitrogens is 1. The summed E-state index contributed by atoms with van der Waals surface area (Å²) in [5, 5.41) is 2.31. The molecule has 104 valence electrons. The van der Waals surface area contributed by atoms with Gasteiger partial charge >= 0.3 is 0 Å². The van der Waals surface area contributed by atoms with Gasteiger partial charge in [-0.2, -0.15) is 0 Å². The third-order valence-electron chi connectivity index (χ3n) is 2.48. The van der Waals surface area contributed by atoms with Crippen LogP contribution in [0.25, 0.3) is 0 Å². The molecule has 7 heteroatoms. The maximum absolute atomic E-state index is 13.6. The number of aryl methyl sites for hydroxylation is 1. The number of anilines is 1. The first-order chi connectivity index (χ1) is 9.38.